The van der Waals surface area contributed by atoms with E-state index in [0.29, 0.717) is 12.8 Å². The number of ketones is 1. The molecule has 0 atom stereocenters. The van der Waals surface area contributed by atoms with Gasteiger partial charge in [-0.25, -0.2) is 9.97 Å². The Hall–Kier alpha value is -1.07. The van der Waals surface area contributed by atoms with Crippen LogP contribution in [0.2, 0.25) is 0 Å². The monoisotopic (exact) mass is 252 g/mol. The smallest absolute Gasteiger partial charge is 0.144 e. The first-order valence-corrected chi connectivity index (χ1v) is 6.73. The lowest BCUT2D eigenvalue weighted by Crippen LogP contribution is -2.07. The summed E-state index contributed by atoms with van der Waals surface area (Å²) in [6.07, 6.45) is 0.835. The molecule has 2 heterocycles. The molecule has 0 spiro atoms. The number of carbonyl (C=O) groups excluding carboxylic acids is 1. The van der Waals surface area contributed by atoms with Gasteiger partial charge in [-0.2, -0.15) is 0 Å². The van der Waals surface area contributed by atoms with Crippen molar-refractivity contribution < 1.29 is 4.79 Å². The molecule has 0 bridgehead atoms. The highest BCUT2D eigenvalue weighted by molar-refractivity contribution is 7.09. The molecule has 5 heteroatoms. The molecule has 2 rings (SSSR count). The minimum absolute atomic E-state index is 0.176. The van der Waals surface area contributed by atoms with Gasteiger partial charge in [-0.05, 0) is 13.8 Å². The van der Waals surface area contributed by atoms with Gasteiger partial charge >= 0.3 is 0 Å². The summed E-state index contributed by atoms with van der Waals surface area (Å²) in [5, 5.41) is 5.90. The van der Waals surface area contributed by atoms with Crippen LogP contribution in [0.25, 0.3) is 0 Å². The molecule has 0 radical (unpaired) electrons. The number of carbonyl (C=O) groups is 1. The Kier molecular flexibility index (Phi) is 3.46. The van der Waals surface area contributed by atoms with Crippen LogP contribution in [0.5, 0.6) is 0 Å². The van der Waals surface area contributed by atoms with E-state index in [1.165, 1.54) is 0 Å². The van der Waals surface area contributed by atoms with Gasteiger partial charge in [0.05, 0.1) is 21.4 Å². The molecule has 0 amide bonds. The van der Waals surface area contributed by atoms with Crippen molar-refractivity contribution in [2.24, 2.45) is 0 Å². The summed E-state index contributed by atoms with van der Waals surface area (Å²) in [6.45, 7) is 3.89. The third-order valence-electron chi connectivity index (χ3n) is 2.09. The minimum atomic E-state index is 0.176. The van der Waals surface area contributed by atoms with Crippen molar-refractivity contribution >= 4 is 28.5 Å². The van der Waals surface area contributed by atoms with Gasteiger partial charge in [-0.15, -0.1) is 22.7 Å². The molecule has 0 aliphatic rings. The van der Waals surface area contributed by atoms with Gasteiger partial charge in [-0.3, -0.25) is 4.79 Å². The SMILES string of the molecule is Cc1nc(CC(=O)Cc2csc(C)n2)cs1. The average molecular weight is 252 g/mol. The number of hydrogen-bond acceptors (Lipinski definition) is 5. The Morgan fingerprint density at radius 1 is 1.06 bits per heavy atom. The zero-order valence-electron chi connectivity index (χ0n) is 9.19. The number of thiazole rings is 2. The number of aryl methyl sites for hydroxylation is 2. The van der Waals surface area contributed by atoms with E-state index in [4.69, 9.17) is 0 Å². The predicted octanol–water partition coefficient (Wildman–Crippen LogP) is 2.57. The van der Waals surface area contributed by atoms with Gasteiger partial charge in [0.1, 0.15) is 5.78 Å². The quantitative estimate of drug-likeness (QED) is 0.840. The molecular weight excluding hydrogens is 240 g/mol. The third-order valence-corrected chi connectivity index (χ3v) is 3.73. The van der Waals surface area contributed by atoms with Crippen LogP contribution in [0.3, 0.4) is 0 Å². The molecule has 0 fully saturated rings. The second kappa shape index (κ2) is 4.84. The number of hydrogen-bond donors (Lipinski definition) is 0. The Balaban J connectivity index is 1.94. The van der Waals surface area contributed by atoms with E-state index in [2.05, 4.69) is 9.97 Å². The molecule has 0 N–H and O–H groups in total. The average Bonchev–Trinajstić information content (AvgIpc) is 2.76. The van der Waals surface area contributed by atoms with Crippen molar-refractivity contribution in [3.63, 3.8) is 0 Å². The standard InChI is InChI=1S/C11H12N2OS2/c1-7-12-9(5-15-7)3-11(14)4-10-6-16-8(2)13-10/h5-6H,3-4H2,1-2H3. The summed E-state index contributed by atoms with van der Waals surface area (Å²) >= 11 is 3.16. The van der Waals surface area contributed by atoms with E-state index in [1.807, 2.05) is 24.6 Å². The Bertz CT molecular complexity index is 457. The van der Waals surface area contributed by atoms with Crippen molar-refractivity contribution in [3.8, 4) is 0 Å². The van der Waals surface area contributed by atoms with E-state index < -0.39 is 0 Å². The van der Waals surface area contributed by atoms with Gasteiger partial charge < -0.3 is 0 Å². The lowest BCUT2D eigenvalue weighted by Gasteiger charge is -1.95. The molecule has 0 unspecified atom stereocenters. The second-order valence-corrected chi connectivity index (χ2v) is 5.73. The molecule has 84 valence electrons. The highest BCUT2D eigenvalue weighted by atomic mass is 32.1. The van der Waals surface area contributed by atoms with Crippen molar-refractivity contribution in [3.05, 3.63) is 32.2 Å². The zero-order valence-corrected chi connectivity index (χ0v) is 10.8. The van der Waals surface area contributed by atoms with Gasteiger partial charge in [0.15, 0.2) is 0 Å². The summed E-state index contributed by atoms with van der Waals surface area (Å²) in [5.41, 5.74) is 1.75. The van der Waals surface area contributed by atoms with E-state index >= 15 is 0 Å². The first-order chi connectivity index (χ1) is 7.63. The molecule has 0 saturated heterocycles. The topological polar surface area (TPSA) is 42.9 Å². The normalized spacial score (nSPS) is 10.6. The predicted molar refractivity (Wildman–Crippen MR) is 66.1 cm³/mol. The van der Waals surface area contributed by atoms with Gasteiger partial charge in [0.2, 0.25) is 0 Å². The molecule has 16 heavy (non-hydrogen) atoms. The van der Waals surface area contributed by atoms with Gasteiger partial charge in [0, 0.05) is 23.6 Å². The Morgan fingerprint density at radius 3 is 1.81 bits per heavy atom. The number of nitrogens with zero attached hydrogens (tertiary/aromatic N) is 2. The summed E-state index contributed by atoms with van der Waals surface area (Å²) in [4.78, 5) is 20.3. The van der Waals surface area contributed by atoms with Crippen LogP contribution in [-0.2, 0) is 17.6 Å². The number of rotatable bonds is 4. The summed E-state index contributed by atoms with van der Waals surface area (Å²) in [7, 11) is 0. The molecule has 0 aliphatic heterocycles. The van der Waals surface area contributed by atoms with Gasteiger partial charge in [0.25, 0.3) is 0 Å². The molecule has 2 aromatic heterocycles. The molecule has 0 aliphatic carbocycles. The van der Waals surface area contributed by atoms with Crippen LogP contribution in [0, 0.1) is 13.8 Å². The molecule has 3 nitrogen and oxygen atoms in total. The molecule has 0 saturated carbocycles. The fourth-order valence-corrected chi connectivity index (χ4v) is 2.67. The van der Waals surface area contributed by atoms with Crippen LogP contribution >= 0.6 is 22.7 Å². The Morgan fingerprint density at radius 2 is 1.50 bits per heavy atom. The maximum atomic E-state index is 11.7. The van der Waals surface area contributed by atoms with Crippen LogP contribution in [0.1, 0.15) is 21.4 Å². The fourth-order valence-electron chi connectivity index (χ4n) is 1.45. The van der Waals surface area contributed by atoms with Crippen molar-refractivity contribution in [1.29, 1.82) is 0 Å². The maximum Gasteiger partial charge on any atom is 0.144 e. The van der Waals surface area contributed by atoms with E-state index in [0.717, 1.165) is 21.4 Å². The highest BCUT2D eigenvalue weighted by Crippen LogP contribution is 2.12. The summed E-state index contributed by atoms with van der Waals surface area (Å²) in [5.74, 6) is 0.176. The fraction of sp³-hybridized carbons (Fsp3) is 0.364. The van der Waals surface area contributed by atoms with E-state index in [-0.39, 0.29) is 5.78 Å². The first kappa shape index (κ1) is 11.4. The minimum Gasteiger partial charge on any atom is -0.299 e. The second-order valence-electron chi connectivity index (χ2n) is 3.61. The van der Waals surface area contributed by atoms with Crippen LogP contribution in [0.15, 0.2) is 10.8 Å². The van der Waals surface area contributed by atoms with Crippen molar-refractivity contribution in [1.82, 2.24) is 9.97 Å². The van der Waals surface area contributed by atoms with Crippen LogP contribution in [-0.4, -0.2) is 15.8 Å². The molecular formula is C11H12N2OS2. The van der Waals surface area contributed by atoms with Gasteiger partial charge in [-0.1, -0.05) is 0 Å². The van der Waals surface area contributed by atoms with Crippen molar-refractivity contribution in [2.75, 3.05) is 0 Å². The zero-order chi connectivity index (χ0) is 11.5. The lowest BCUT2D eigenvalue weighted by atomic mass is 10.1. The Labute approximate surface area is 102 Å². The summed E-state index contributed by atoms with van der Waals surface area (Å²) in [6, 6.07) is 0. The highest BCUT2D eigenvalue weighted by Gasteiger charge is 2.09. The lowest BCUT2D eigenvalue weighted by molar-refractivity contribution is -0.117. The molecule has 2 aromatic rings. The first-order valence-electron chi connectivity index (χ1n) is 4.97. The van der Waals surface area contributed by atoms with Crippen LogP contribution < -0.4 is 0 Å². The van der Waals surface area contributed by atoms with E-state index in [9.17, 15) is 4.79 Å². The van der Waals surface area contributed by atoms with Crippen LogP contribution in [0.4, 0.5) is 0 Å². The number of aromatic nitrogens is 2. The number of Topliss-reactive ketones (excluding diaryl/α,β-unsaturated/α-hetero) is 1. The molecule has 0 aromatic carbocycles. The largest absolute Gasteiger partial charge is 0.299 e. The summed E-state index contributed by atoms with van der Waals surface area (Å²) < 4.78 is 0. The van der Waals surface area contributed by atoms with Crippen molar-refractivity contribution in [2.45, 2.75) is 26.7 Å². The van der Waals surface area contributed by atoms with E-state index in [1.54, 1.807) is 22.7 Å². The maximum absolute atomic E-state index is 11.7. The third kappa shape index (κ3) is 2.96.